The first-order valence-electron chi connectivity index (χ1n) is 6.90. The molecule has 3 aromatic rings. The molecule has 0 fully saturated rings. The first-order chi connectivity index (χ1) is 11.7. The molecule has 2 aromatic heterocycles. The second-order valence-corrected chi connectivity index (χ2v) is 5.66. The number of ether oxygens (including phenoxy) is 1. The molecule has 24 heavy (non-hydrogen) atoms. The van der Waals surface area contributed by atoms with Crippen LogP contribution in [0.2, 0.25) is 0 Å². The maximum absolute atomic E-state index is 12.8. The number of phenols is 1. The summed E-state index contributed by atoms with van der Waals surface area (Å²) in [5.74, 6) is 0.436. The number of alkyl halides is 1. The molecule has 6 nitrogen and oxygen atoms in total. The molecule has 2 N–H and O–H groups in total. The number of thiazole rings is 1. The van der Waals surface area contributed by atoms with Crippen molar-refractivity contribution < 1.29 is 19.0 Å². The second-order valence-electron chi connectivity index (χ2n) is 4.63. The van der Waals surface area contributed by atoms with Gasteiger partial charge in [0.1, 0.15) is 12.4 Å². The van der Waals surface area contributed by atoms with E-state index in [0.717, 1.165) is 11.3 Å². The summed E-state index contributed by atoms with van der Waals surface area (Å²) in [6.45, 7) is -0.819. The summed E-state index contributed by atoms with van der Waals surface area (Å²) in [5, 5.41) is 13.1. The predicted octanol–water partition coefficient (Wildman–Crippen LogP) is 4.06. The monoisotopic (exact) mass is 345 g/mol. The molecule has 3 rings (SSSR count). The zero-order valence-electron chi connectivity index (χ0n) is 12.3. The van der Waals surface area contributed by atoms with E-state index in [1.54, 1.807) is 30.3 Å². The van der Waals surface area contributed by atoms with E-state index in [1.807, 2.05) is 0 Å². The van der Waals surface area contributed by atoms with E-state index in [1.165, 1.54) is 12.3 Å². The number of aromatic nitrogens is 2. The minimum absolute atomic E-state index is 0.0219. The summed E-state index contributed by atoms with van der Waals surface area (Å²) >= 11 is 1.03. The lowest BCUT2D eigenvalue weighted by Crippen LogP contribution is -1.96. The van der Waals surface area contributed by atoms with Crippen LogP contribution < -0.4 is 10.1 Å². The van der Waals surface area contributed by atoms with Crippen LogP contribution in [0.4, 0.5) is 15.2 Å². The van der Waals surface area contributed by atoms with Gasteiger partial charge < -0.3 is 15.2 Å². The van der Waals surface area contributed by atoms with E-state index in [2.05, 4.69) is 15.3 Å². The van der Waals surface area contributed by atoms with Gasteiger partial charge in [0.05, 0.1) is 10.6 Å². The van der Waals surface area contributed by atoms with Gasteiger partial charge in [-0.25, -0.2) is 14.4 Å². The van der Waals surface area contributed by atoms with Crippen molar-refractivity contribution in [1.82, 2.24) is 9.97 Å². The summed E-state index contributed by atoms with van der Waals surface area (Å²) in [5.41, 5.74) is 0.557. The van der Waals surface area contributed by atoms with Gasteiger partial charge in [0, 0.05) is 6.20 Å². The molecule has 122 valence electrons. The zero-order valence-corrected chi connectivity index (χ0v) is 13.1. The molecule has 0 aliphatic carbocycles. The maximum atomic E-state index is 12.8. The standard InChI is InChI=1S/C16H12FN3O3S/c17-8-11-14(9-21)24-16(20-11)19-10-4-3-7-18-15(10)23-13-6-2-1-5-12(13)22/h1-7,9,22H,8H2,(H,19,20). The Morgan fingerprint density at radius 3 is 2.83 bits per heavy atom. The van der Waals surface area contributed by atoms with E-state index in [9.17, 15) is 14.3 Å². The number of nitrogens with zero attached hydrogens (tertiary/aromatic N) is 2. The minimum Gasteiger partial charge on any atom is -0.504 e. The van der Waals surface area contributed by atoms with Crippen LogP contribution in [0.1, 0.15) is 15.4 Å². The number of anilines is 2. The van der Waals surface area contributed by atoms with E-state index >= 15 is 0 Å². The molecule has 0 aliphatic rings. The molecule has 1 aromatic carbocycles. The number of pyridine rings is 1. The van der Waals surface area contributed by atoms with Crippen LogP contribution in [0.3, 0.4) is 0 Å². The molecule has 0 saturated heterocycles. The van der Waals surface area contributed by atoms with Crippen LogP contribution in [0.5, 0.6) is 17.4 Å². The van der Waals surface area contributed by atoms with Crippen LogP contribution in [0.25, 0.3) is 0 Å². The van der Waals surface area contributed by atoms with E-state index in [0.29, 0.717) is 17.1 Å². The quantitative estimate of drug-likeness (QED) is 0.655. The Labute approximate surface area is 140 Å². The Morgan fingerprint density at radius 2 is 2.12 bits per heavy atom. The third kappa shape index (κ3) is 3.33. The molecular formula is C16H12FN3O3S. The number of hydrogen-bond donors (Lipinski definition) is 2. The van der Waals surface area contributed by atoms with Crippen molar-refractivity contribution >= 4 is 28.4 Å². The van der Waals surface area contributed by atoms with Gasteiger partial charge in [-0.3, -0.25) is 4.79 Å². The highest BCUT2D eigenvalue weighted by Crippen LogP contribution is 2.35. The number of carbonyl (C=O) groups excluding carboxylic acids is 1. The van der Waals surface area contributed by atoms with Gasteiger partial charge in [0.2, 0.25) is 5.88 Å². The highest BCUT2D eigenvalue weighted by atomic mass is 32.1. The fourth-order valence-electron chi connectivity index (χ4n) is 1.93. The summed E-state index contributed by atoms with van der Waals surface area (Å²) in [7, 11) is 0. The first-order valence-corrected chi connectivity index (χ1v) is 7.71. The van der Waals surface area contributed by atoms with Gasteiger partial charge in [-0.05, 0) is 24.3 Å². The van der Waals surface area contributed by atoms with Gasteiger partial charge in [-0.2, -0.15) is 0 Å². The summed E-state index contributed by atoms with van der Waals surface area (Å²) in [6.07, 6.45) is 2.10. The average Bonchev–Trinajstić information content (AvgIpc) is 3.00. The number of aldehydes is 1. The lowest BCUT2D eigenvalue weighted by Gasteiger charge is -2.10. The van der Waals surface area contributed by atoms with Crippen molar-refractivity contribution in [3.05, 3.63) is 53.2 Å². The van der Waals surface area contributed by atoms with E-state index in [4.69, 9.17) is 4.74 Å². The van der Waals surface area contributed by atoms with Crippen LogP contribution in [-0.4, -0.2) is 21.4 Å². The molecule has 0 atom stereocenters. The van der Waals surface area contributed by atoms with Crippen molar-refractivity contribution in [3.63, 3.8) is 0 Å². The predicted molar refractivity (Wildman–Crippen MR) is 88.0 cm³/mol. The van der Waals surface area contributed by atoms with Crippen molar-refractivity contribution in [2.24, 2.45) is 0 Å². The lowest BCUT2D eigenvalue weighted by atomic mass is 10.3. The largest absolute Gasteiger partial charge is 0.504 e. The van der Waals surface area contributed by atoms with Gasteiger partial charge in [0.15, 0.2) is 22.9 Å². The van der Waals surface area contributed by atoms with Gasteiger partial charge in [-0.15, -0.1) is 0 Å². The molecular weight excluding hydrogens is 333 g/mol. The first kappa shape index (κ1) is 15.9. The summed E-state index contributed by atoms with van der Waals surface area (Å²) < 4.78 is 18.4. The Hall–Kier alpha value is -3.00. The molecule has 2 heterocycles. The Bertz CT molecular complexity index is 869. The van der Waals surface area contributed by atoms with Gasteiger partial charge in [-0.1, -0.05) is 23.5 Å². The Kier molecular flexibility index (Phi) is 4.66. The smallest absolute Gasteiger partial charge is 0.243 e. The number of nitrogens with one attached hydrogen (secondary N) is 1. The molecule has 0 bridgehead atoms. The molecule has 0 unspecified atom stereocenters. The molecule has 0 saturated carbocycles. The minimum atomic E-state index is -0.819. The molecule has 0 spiro atoms. The summed E-state index contributed by atoms with van der Waals surface area (Å²) in [4.78, 5) is 19.3. The SMILES string of the molecule is O=Cc1sc(Nc2cccnc2Oc2ccccc2O)nc1CF. The second kappa shape index (κ2) is 7.05. The topological polar surface area (TPSA) is 84.3 Å². The third-order valence-electron chi connectivity index (χ3n) is 3.05. The van der Waals surface area contributed by atoms with Crippen LogP contribution in [0.15, 0.2) is 42.6 Å². The summed E-state index contributed by atoms with van der Waals surface area (Å²) in [6, 6.07) is 9.87. The number of phenolic OH excluding ortho intramolecular Hbond substituents is 1. The van der Waals surface area contributed by atoms with Gasteiger partial charge >= 0.3 is 0 Å². The molecule has 0 radical (unpaired) electrons. The number of para-hydroxylation sites is 2. The number of carbonyl (C=O) groups is 1. The van der Waals surface area contributed by atoms with Crippen molar-refractivity contribution in [2.45, 2.75) is 6.67 Å². The Morgan fingerprint density at radius 1 is 1.29 bits per heavy atom. The van der Waals surface area contributed by atoms with E-state index < -0.39 is 6.67 Å². The normalized spacial score (nSPS) is 10.4. The molecule has 0 aliphatic heterocycles. The Balaban J connectivity index is 1.88. The number of aromatic hydroxyl groups is 1. The molecule has 0 amide bonds. The van der Waals surface area contributed by atoms with Crippen LogP contribution >= 0.6 is 11.3 Å². The lowest BCUT2D eigenvalue weighted by molar-refractivity contribution is 0.112. The fraction of sp³-hybridized carbons (Fsp3) is 0.0625. The van der Waals surface area contributed by atoms with E-state index in [-0.39, 0.29) is 28.0 Å². The highest BCUT2D eigenvalue weighted by molar-refractivity contribution is 7.17. The average molecular weight is 345 g/mol. The van der Waals surface area contributed by atoms with Gasteiger partial charge in [0.25, 0.3) is 0 Å². The van der Waals surface area contributed by atoms with Crippen LogP contribution in [0, 0.1) is 0 Å². The third-order valence-corrected chi connectivity index (χ3v) is 3.98. The molecule has 8 heteroatoms. The number of hydrogen-bond acceptors (Lipinski definition) is 7. The fourth-order valence-corrected chi connectivity index (χ4v) is 2.73. The number of benzene rings is 1. The van der Waals surface area contributed by atoms with Crippen LogP contribution in [-0.2, 0) is 6.67 Å². The number of halogens is 1. The maximum Gasteiger partial charge on any atom is 0.243 e. The van der Waals surface area contributed by atoms with Crippen molar-refractivity contribution in [2.75, 3.05) is 5.32 Å². The van der Waals surface area contributed by atoms with Crippen molar-refractivity contribution in [3.8, 4) is 17.4 Å². The highest BCUT2D eigenvalue weighted by Gasteiger charge is 2.14. The zero-order chi connectivity index (χ0) is 16.9. The van der Waals surface area contributed by atoms with Crippen molar-refractivity contribution in [1.29, 1.82) is 0 Å². The number of rotatable bonds is 6.